The third-order valence-electron chi connectivity index (χ3n) is 9.84. The predicted molar refractivity (Wildman–Crippen MR) is 141 cm³/mol. The lowest BCUT2D eigenvalue weighted by Crippen LogP contribution is -2.58. The van der Waals surface area contributed by atoms with E-state index in [1.807, 2.05) is 24.3 Å². The van der Waals surface area contributed by atoms with Crippen LogP contribution in [0.3, 0.4) is 0 Å². The number of hydrogen-bond acceptors (Lipinski definition) is 4. The molecule has 0 amide bonds. The van der Waals surface area contributed by atoms with Crippen molar-refractivity contribution in [2.75, 3.05) is 0 Å². The Morgan fingerprint density at radius 1 is 0.833 bits per heavy atom. The molecule has 1 aromatic heterocycles. The number of benzene rings is 1. The number of piperidine rings is 2. The molecule has 0 spiro atoms. The highest BCUT2D eigenvalue weighted by Crippen LogP contribution is 2.48. The molecule has 3 heterocycles. The van der Waals surface area contributed by atoms with Crippen molar-refractivity contribution in [1.82, 2.24) is 14.5 Å². The average molecular weight is 492 g/mol. The van der Waals surface area contributed by atoms with Crippen LogP contribution in [0.25, 0.3) is 11.0 Å². The van der Waals surface area contributed by atoms with Gasteiger partial charge in [-0.2, -0.15) is 0 Å². The molecule has 2 aliphatic carbocycles. The zero-order valence-corrected chi connectivity index (χ0v) is 21.8. The second-order valence-electron chi connectivity index (χ2n) is 12.6. The molecule has 6 heteroatoms. The Labute approximate surface area is 214 Å². The molecule has 2 aliphatic heterocycles. The molecule has 0 unspecified atom stereocenters. The van der Waals surface area contributed by atoms with Gasteiger partial charge in [0.1, 0.15) is 0 Å². The van der Waals surface area contributed by atoms with E-state index < -0.39 is 11.5 Å². The Balaban J connectivity index is 1.29. The molecule has 1 aromatic carbocycles. The van der Waals surface area contributed by atoms with Crippen molar-refractivity contribution in [3.05, 3.63) is 40.3 Å². The minimum absolute atomic E-state index is 0.0256. The fourth-order valence-electron chi connectivity index (χ4n) is 8.40. The van der Waals surface area contributed by atoms with E-state index in [-0.39, 0.29) is 11.7 Å². The number of aromatic nitrogens is 2. The third kappa shape index (κ3) is 4.51. The zero-order valence-electron chi connectivity index (χ0n) is 21.8. The molecule has 0 radical (unpaired) electrons. The highest BCUT2D eigenvalue weighted by Gasteiger charge is 2.44. The van der Waals surface area contributed by atoms with Crippen molar-refractivity contribution in [1.29, 1.82) is 0 Å². The van der Waals surface area contributed by atoms with Gasteiger partial charge in [0.25, 0.3) is 5.56 Å². The van der Waals surface area contributed by atoms with E-state index in [1.165, 1.54) is 57.8 Å². The lowest BCUT2D eigenvalue weighted by Gasteiger charge is -2.54. The molecule has 4 aliphatic rings. The number of aromatic carboxylic acids is 1. The number of carboxylic acids is 1. The van der Waals surface area contributed by atoms with Gasteiger partial charge in [0, 0.05) is 24.2 Å². The molecule has 4 fully saturated rings. The number of carbonyl (C=O) groups is 1. The average Bonchev–Trinajstić information content (AvgIpc) is 3.66. The van der Waals surface area contributed by atoms with E-state index in [2.05, 4.69) is 23.7 Å². The molecule has 194 valence electrons. The summed E-state index contributed by atoms with van der Waals surface area (Å²) in [5.41, 5.74) is 0.560. The highest BCUT2D eigenvalue weighted by atomic mass is 16.4. The van der Waals surface area contributed by atoms with Gasteiger partial charge in [-0.25, -0.2) is 9.78 Å². The van der Waals surface area contributed by atoms with Crippen LogP contribution in [0, 0.1) is 23.7 Å². The second-order valence-corrected chi connectivity index (χ2v) is 12.6. The summed E-state index contributed by atoms with van der Waals surface area (Å²) in [4.78, 5) is 32.3. The van der Waals surface area contributed by atoms with Crippen LogP contribution in [-0.2, 0) is 0 Å². The third-order valence-corrected chi connectivity index (χ3v) is 9.84. The van der Waals surface area contributed by atoms with Gasteiger partial charge in [0.2, 0.25) is 5.69 Å². The summed E-state index contributed by atoms with van der Waals surface area (Å²) in [6.45, 7) is 4.97. The van der Waals surface area contributed by atoms with Crippen LogP contribution >= 0.6 is 0 Å². The smallest absolute Gasteiger partial charge is 0.360 e. The molecule has 2 saturated carbocycles. The van der Waals surface area contributed by atoms with Crippen LogP contribution < -0.4 is 5.56 Å². The van der Waals surface area contributed by atoms with Gasteiger partial charge in [0.15, 0.2) is 0 Å². The first kappa shape index (κ1) is 24.1. The normalized spacial score (nSPS) is 35.8. The summed E-state index contributed by atoms with van der Waals surface area (Å²) >= 11 is 0. The van der Waals surface area contributed by atoms with Gasteiger partial charge in [-0.05, 0) is 100 Å². The Hall–Kier alpha value is -2.21. The van der Waals surface area contributed by atoms with Crippen LogP contribution in [0.5, 0.6) is 0 Å². The molecular formula is C30H41N3O3. The Morgan fingerprint density at radius 3 is 2.08 bits per heavy atom. The van der Waals surface area contributed by atoms with Gasteiger partial charge in [-0.3, -0.25) is 9.69 Å². The van der Waals surface area contributed by atoms with Crippen LogP contribution in [0.15, 0.2) is 29.1 Å². The lowest BCUT2D eigenvalue weighted by atomic mass is 9.74. The van der Waals surface area contributed by atoms with Crippen molar-refractivity contribution in [2.45, 2.75) is 109 Å². The fourth-order valence-corrected chi connectivity index (χ4v) is 8.40. The first-order chi connectivity index (χ1) is 17.4. The minimum atomic E-state index is -1.24. The number of para-hydroxylation sites is 2. The highest BCUT2D eigenvalue weighted by molar-refractivity contribution is 5.88. The molecule has 2 bridgehead atoms. The van der Waals surface area contributed by atoms with E-state index in [4.69, 9.17) is 0 Å². The number of fused-ring (bicyclic) bond motifs is 3. The number of hydrogen-bond donors (Lipinski definition) is 1. The second kappa shape index (κ2) is 9.59. The van der Waals surface area contributed by atoms with Crippen molar-refractivity contribution >= 4 is 17.0 Å². The molecule has 6 nitrogen and oxygen atoms in total. The van der Waals surface area contributed by atoms with Gasteiger partial charge in [-0.15, -0.1) is 0 Å². The van der Waals surface area contributed by atoms with Crippen LogP contribution in [0.2, 0.25) is 0 Å². The molecule has 1 N–H and O–H groups in total. The fraction of sp³-hybridized carbons (Fsp3) is 0.700. The van der Waals surface area contributed by atoms with Crippen LogP contribution in [0.4, 0.5) is 0 Å². The topological polar surface area (TPSA) is 75.4 Å². The zero-order chi connectivity index (χ0) is 25.0. The molecule has 2 saturated heterocycles. The largest absolute Gasteiger partial charge is 0.476 e. The maximum atomic E-state index is 13.4. The standard InChI is InChI=1S/C30H41N3O3/c1-18-12-21(20-10-11-20)13-19(2)15-24(14-18)32-22-6-5-7-23(32)17-25(16-22)33-27-9-4-3-8-26(27)31-28(29(33)34)30(35)36/h3-4,8-9,18-25H,5-7,10-17H2,1-2H3,(H,35,36)/t18-,19-,21?,22-,23+,24?,25+/m0/s1. The van der Waals surface area contributed by atoms with E-state index >= 15 is 0 Å². The molecular weight excluding hydrogens is 450 g/mol. The van der Waals surface area contributed by atoms with E-state index in [1.54, 1.807) is 4.57 Å². The maximum Gasteiger partial charge on any atom is 0.360 e. The minimum Gasteiger partial charge on any atom is -0.476 e. The van der Waals surface area contributed by atoms with Crippen molar-refractivity contribution in [2.24, 2.45) is 23.7 Å². The number of carboxylic acid groups (broad SMARTS) is 1. The monoisotopic (exact) mass is 491 g/mol. The van der Waals surface area contributed by atoms with Gasteiger partial charge >= 0.3 is 5.97 Å². The van der Waals surface area contributed by atoms with Crippen LogP contribution in [0.1, 0.15) is 101 Å². The van der Waals surface area contributed by atoms with Gasteiger partial charge < -0.3 is 9.67 Å². The first-order valence-electron chi connectivity index (χ1n) is 14.4. The van der Waals surface area contributed by atoms with Crippen LogP contribution in [-0.4, -0.2) is 43.7 Å². The van der Waals surface area contributed by atoms with E-state index in [9.17, 15) is 14.7 Å². The van der Waals surface area contributed by atoms with E-state index in [0.717, 1.165) is 42.0 Å². The Kier molecular flexibility index (Phi) is 6.43. The predicted octanol–water partition coefficient (Wildman–Crippen LogP) is 5.89. The summed E-state index contributed by atoms with van der Waals surface area (Å²) in [7, 11) is 0. The maximum absolute atomic E-state index is 13.4. The quantitative estimate of drug-likeness (QED) is 0.577. The summed E-state index contributed by atoms with van der Waals surface area (Å²) < 4.78 is 1.79. The summed E-state index contributed by atoms with van der Waals surface area (Å²) in [6, 6.07) is 9.12. The first-order valence-corrected chi connectivity index (χ1v) is 14.4. The number of nitrogens with zero attached hydrogens (tertiary/aromatic N) is 3. The Bertz CT molecular complexity index is 1160. The SMILES string of the molecule is C[C@H]1CC(C2CC2)C[C@H](C)CC(N2[C@@H]3CCC[C@H]2C[C@@H](n2c(=O)c(C(=O)O)nc4ccccc42)C3)C1. The van der Waals surface area contributed by atoms with Crippen molar-refractivity contribution < 1.29 is 9.90 Å². The molecule has 5 atom stereocenters. The summed E-state index contributed by atoms with van der Waals surface area (Å²) in [5, 5.41) is 9.69. The Morgan fingerprint density at radius 2 is 1.47 bits per heavy atom. The summed E-state index contributed by atoms with van der Waals surface area (Å²) in [6.07, 6.45) is 13.8. The summed E-state index contributed by atoms with van der Waals surface area (Å²) in [5.74, 6) is 2.26. The van der Waals surface area contributed by atoms with Crippen molar-refractivity contribution in [3.63, 3.8) is 0 Å². The molecule has 36 heavy (non-hydrogen) atoms. The molecule has 6 rings (SSSR count). The number of rotatable bonds is 4. The van der Waals surface area contributed by atoms with E-state index in [0.29, 0.717) is 23.6 Å². The lowest BCUT2D eigenvalue weighted by molar-refractivity contribution is -0.0355. The van der Waals surface area contributed by atoms with Gasteiger partial charge in [0.05, 0.1) is 11.0 Å². The molecule has 2 aromatic rings. The van der Waals surface area contributed by atoms with Crippen molar-refractivity contribution in [3.8, 4) is 0 Å². The van der Waals surface area contributed by atoms with Gasteiger partial charge in [-0.1, -0.05) is 32.4 Å².